The molecule has 2 aromatic rings. The van der Waals surface area contributed by atoms with Crippen molar-refractivity contribution in [3.05, 3.63) is 59.7 Å². The number of nitrogens with one attached hydrogen (secondary N) is 1. The van der Waals surface area contributed by atoms with E-state index in [9.17, 15) is 4.79 Å². The summed E-state index contributed by atoms with van der Waals surface area (Å²) in [6.45, 7) is 6.82. The fourth-order valence-corrected chi connectivity index (χ4v) is 1.92. The zero-order valence-corrected chi connectivity index (χ0v) is 12.7. The predicted molar refractivity (Wildman–Crippen MR) is 85.9 cm³/mol. The van der Waals surface area contributed by atoms with Gasteiger partial charge in [0, 0.05) is 11.3 Å². The van der Waals surface area contributed by atoms with Crippen LogP contribution in [0.4, 0.5) is 5.69 Å². The van der Waals surface area contributed by atoms with Crippen molar-refractivity contribution in [3.8, 4) is 5.75 Å². The van der Waals surface area contributed by atoms with Gasteiger partial charge in [-0.1, -0.05) is 32.0 Å². The number of ether oxygens (including phenoxy) is 1. The van der Waals surface area contributed by atoms with Crippen molar-refractivity contribution in [1.29, 1.82) is 0 Å². The zero-order chi connectivity index (χ0) is 15.2. The molecule has 1 N–H and O–H groups in total. The molecule has 0 bridgehead atoms. The van der Waals surface area contributed by atoms with E-state index in [0.29, 0.717) is 18.1 Å². The van der Waals surface area contributed by atoms with Crippen molar-refractivity contribution >= 4 is 11.6 Å². The number of hydrogen-bond donors (Lipinski definition) is 1. The van der Waals surface area contributed by atoms with Crippen molar-refractivity contribution in [2.24, 2.45) is 5.92 Å². The molecule has 0 saturated heterocycles. The molecule has 0 spiro atoms. The summed E-state index contributed by atoms with van der Waals surface area (Å²) < 4.78 is 5.65. The third-order valence-electron chi connectivity index (χ3n) is 2.96. The SMILES string of the molecule is Cc1cccc(NC(=O)c2cccc(OCC(C)C)c2)c1. The van der Waals surface area contributed by atoms with Crippen LogP contribution in [0.5, 0.6) is 5.75 Å². The Bertz CT molecular complexity index is 620. The van der Waals surface area contributed by atoms with Gasteiger partial charge in [0.15, 0.2) is 0 Å². The summed E-state index contributed by atoms with van der Waals surface area (Å²) in [5.74, 6) is 1.05. The quantitative estimate of drug-likeness (QED) is 0.889. The van der Waals surface area contributed by atoms with Crippen LogP contribution in [0.25, 0.3) is 0 Å². The van der Waals surface area contributed by atoms with Crippen LogP contribution in [0.15, 0.2) is 48.5 Å². The Morgan fingerprint density at radius 2 is 1.90 bits per heavy atom. The van der Waals surface area contributed by atoms with Crippen LogP contribution in [-0.4, -0.2) is 12.5 Å². The fraction of sp³-hybridized carbons (Fsp3) is 0.278. The van der Waals surface area contributed by atoms with E-state index in [1.54, 1.807) is 12.1 Å². The highest BCUT2D eigenvalue weighted by atomic mass is 16.5. The van der Waals surface area contributed by atoms with Gasteiger partial charge in [-0.25, -0.2) is 0 Å². The summed E-state index contributed by atoms with van der Waals surface area (Å²) in [5, 5.41) is 2.90. The first kappa shape index (κ1) is 15.1. The number of hydrogen-bond acceptors (Lipinski definition) is 2. The van der Waals surface area contributed by atoms with E-state index >= 15 is 0 Å². The van der Waals surface area contributed by atoms with E-state index < -0.39 is 0 Å². The highest BCUT2D eigenvalue weighted by molar-refractivity contribution is 6.04. The van der Waals surface area contributed by atoms with Crippen LogP contribution in [-0.2, 0) is 0 Å². The maximum absolute atomic E-state index is 12.2. The van der Waals surface area contributed by atoms with E-state index in [4.69, 9.17) is 4.74 Å². The van der Waals surface area contributed by atoms with E-state index in [1.807, 2.05) is 43.3 Å². The van der Waals surface area contributed by atoms with Gasteiger partial charge in [0.1, 0.15) is 5.75 Å². The topological polar surface area (TPSA) is 38.3 Å². The number of carbonyl (C=O) groups is 1. The molecule has 0 aliphatic rings. The Morgan fingerprint density at radius 1 is 1.14 bits per heavy atom. The molecule has 0 atom stereocenters. The molecule has 21 heavy (non-hydrogen) atoms. The Balaban J connectivity index is 2.07. The first-order valence-corrected chi connectivity index (χ1v) is 7.15. The van der Waals surface area contributed by atoms with Crippen molar-refractivity contribution in [1.82, 2.24) is 0 Å². The molecule has 2 rings (SSSR count). The summed E-state index contributed by atoms with van der Waals surface area (Å²) in [4.78, 5) is 12.2. The van der Waals surface area contributed by atoms with Gasteiger partial charge in [0.05, 0.1) is 6.61 Å². The zero-order valence-electron chi connectivity index (χ0n) is 12.7. The van der Waals surface area contributed by atoms with Crippen molar-refractivity contribution in [2.75, 3.05) is 11.9 Å². The minimum Gasteiger partial charge on any atom is -0.493 e. The molecule has 110 valence electrons. The van der Waals surface area contributed by atoms with Gasteiger partial charge in [-0.2, -0.15) is 0 Å². The molecular weight excluding hydrogens is 262 g/mol. The number of benzene rings is 2. The van der Waals surface area contributed by atoms with Crippen LogP contribution in [0.1, 0.15) is 29.8 Å². The van der Waals surface area contributed by atoms with Gasteiger partial charge >= 0.3 is 0 Å². The lowest BCUT2D eigenvalue weighted by Gasteiger charge is -2.10. The first-order valence-electron chi connectivity index (χ1n) is 7.15. The van der Waals surface area contributed by atoms with Crippen LogP contribution in [0.3, 0.4) is 0 Å². The summed E-state index contributed by atoms with van der Waals surface area (Å²) in [6.07, 6.45) is 0. The maximum atomic E-state index is 12.2. The molecule has 1 amide bonds. The highest BCUT2D eigenvalue weighted by Gasteiger charge is 2.07. The number of carbonyl (C=O) groups excluding carboxylic acids is 1. The van der Waals surface area contributed by atoms with Gasteiger partial charge in [-0.05, 0) is 48.7 Å². The van der Waals surface area contributed by atoms with Gasteiger partial charge in [0.2, 0.25) is 0 Å². The standard InChI is InChI=1S/C18H21NO2/c1-13(2)12-21-17-9-5-7-15(11-17)18(20)19-16-8-4-6-14(3)10-16/h4-11,13H,12H2,1-3H3,(H,19,20). The smallest absolute Gasteiger partial charge is 0.255 e. The third kappa shape index (κ3) is 4.63. The van der Waals surface area contributed by atoms with Crippen LogP contribution < -0.4 is 10.1 Å². The molecule has 3 nitrogen and oxygen atoms in total. The fourth-order valence-electron chi connectivity index (χ4n) is 1.92. The lowest BCUT2D eigenvalue weighted by Crippen LogP contribution is -2.12. The molecule has 0 heterocycles. The van der Waals surface area contributed by atoms with Gasteiger partial charge in [0.25, 0.3) is 5.91 Å². The maximum Gasteiger partial charge on any atom is 0.255 e. The summed E-state index contributed by atoms with van der Waals surface area (Å²) in [7, 11) is 0. The van der Waals surface area contributed by atoms with Gasteiger partial charge in [-0.3, -0.25) is 4.79 Å². The number of aryl methyl sites for hydroxylation is 1. The number of anilines is 1. The lowest BCUT2D eigenvalue weighted by atomic mass is 10.1. The Morgan fingerprint density at radius 3 is 2.62 bits per heavy atom. The molecule has 0 aromatic heterocycles. The number of rotatable bonds is 5. The number of amides is 1. The van der Waals surface area contributed by atoms with Crippen LogP contribution in [0, 0.1) is 12.8 Å². The largest absolute Gasteiger partial charge is 0.493 e. The minimum absolute atomic E-state index is 0.129. The summed E-state index contributed by atoms with van der Waals surface area (Å²) in [5.41, 5.74) is 2.51. The van der Waals surface area contributed by atoms with Crippen LogP contribution in [0.2, 0.25) is 0 Å². The lowest BCUT2D eigenvalue weighted by molar-refractivity contribution is 0.102. The monoisotopic (exact) mass is 283 g/mol. The third-order valence-corrected chi connectivity index (χ3v) is 2.96. The molecule has 2 aromatic carbocycles. The predicted octanol–water partition coefficient (Wildman–Crippen LogP) is 4.28. The molecule has 3 heteroatoms. The van der Waals surface area contributed by atoms with E-state index in [1.165, 1.54) is 0 Å². The highest BCUT2D eigenvalue weighted by Crippen LogP contribution is 2.16. The summed E-state index contributed by atoms with van der Waals surface area (Å²) in [6, 6.07) is 15.0. The van der Waals surface area contributed by atoms with Crippen molar-refractivity contribution < 1.29 is 9.53 Å². The molecule has 0 unspecified atom stereocenters. The Kier molecular flexibility index (Phi) is 4.99. The first-order chi connectivity index (χ1) is 10.0. The molecular formula is C18H21NO2. The van der Waals surface area contributed by atoms with Crippen molar-refractivity contribution in [2.45, 2.75) is 20.8 Å². The average Bonchev–Trinajstić information content (AvgIpc) is 2.45. The molecule has 0 radical (unpaired) electrons. The average molecular weight is 283 g/mol. The second-order valence-electron chi connectivity index (χ2n) is 5.56. The molecule has 0 aliphatic heterocycles. The molecule has 0 fully saturated rings. The van der Waals surface area contributed by atoms with Crippen molar-refractivity contribution in [3.63, 3.8) is 0 Å². The Hall–Kier alpha value is -2.29. The van der Waals surface area contributed by atoms with Crippen LogP contribution >= 0.6 is 0 Å². The van der Waals surface area contributed by atoms with E-state index in [2.05, 4.69) is 19.2 Å². The normalized spacial score (nSPS) is 10.5. The van der Waals surface area contributed by atoms with Gasteiger partial charge in [-0.15, -0.1) is 0 Å². The van der Waals surface area contributed by atoms with Gasteiger partial charge < -0.3 is 10.1 Å². The summed E-state index contributed by atoms with van der Waals surface area (Å²) >= 11 is 0. The second-order valence-corrected chi connectivity index (χ2v) is 5.56. The molecule has 0 saturated carbocycles. The molecule has 0 aliphatic carbocycles. The van der Waals surface area contributed by atoms with E-state index in [-0.39, 0.29) is 5.91 Å². The van der Waals surface area contributed by atoms with E-state index in [0.717, 1.165) is 17.0 Å². The Labute approximate surface area is 126 Å². The second kappa shape index (κ2) is 6.93. The minimum atomic E-state index is -0.129.